The zero-order chi connectivity index (χ0) is 13.9. The molecule has 0 bridgehead atoms. The lowest BCUT2D eigenvalue weighted by molar-refractivity contribution is 0.583. The fourth-order valence-corrected chi connectivity index (χ4v) is 2.77. The molecule has 3 heterocycles. The van der Waals surface area contributed by atoms with Gasteiger partial charge in [-0.1, -0.05) is 13.0 Å². The van der Waals surface area contributed by atoms with Gasteiger partial charge in [0, 0.05) is 12.7 Å². The maximum Gasteiger partial charge on any atom is 0.280 e. The summed E-state index contributed by atoms with van der Waals surface area (Å²) in [5.74, 6) is 0. The first kappa shape index (κ1) is 12.9. The van der Waals surface area contributed by atoms with Crippen LogP contribution in [0.4, 0.5) is 0 Å². The van der Waals surface area contributed by atoms with Gasteiger partial charge in [-0.25, -0.2) is 15.0 Å². The summed E-state index contributed by atoms with van der Waals surface area (Å²) in [5.41, 5.74) is 0.803. The number of nitrogens with zero attached hydrogens (tertiary/aromatic N) is 4. The van der Waals surface area contributed by atoms with Crippen LogP contribution < -0.4 is 5.56 Å². The highest BCUT2D eigenvalue weighted by atomic mass is 32.2. The number of nitrogens with one attached hydrogen (secondary N) is 1. The summed E-state index contributed by atoms with van der Waals surface area (Å²) >= 11 is 1.37. The number of rotatable bonds is 4. The fraction of sp³-hybridized carbons (Fsp3) is 0.231. The van der Waals surface area contributed by atoms with Crippen molar-refractivity contribution in [2.75, 3.05) is 0 Å². The molecule has 0 aromatic carbocycles. The van der Waals surface area contributed by atoms with E-state index in [0.29, 0.717) is 22.9 Å². The van der Waals surface area contributed by atoms with Crippen LogP contribution in [0.15, 0.2) is 45.7 Å². The normalized spacial score (nSPS) is 11.1. The molecule has 6 nitrogen and oxygen atoms in total. The lowest BCUT2D eigenvalue weighted by Crippen LogP contribution is -2.23. The summed E-state index contributed by atoms with van der Waals surface area (Å²) in [6.45, 7) is 2.65. The summed E-state index contributed by atoms with van der Waals surface area (Å²) in [4.78, 5) is 28.0. The predicted octanol–water partition coefficient (Wildman–Crippen LogP) is 2.08. The average molecular weight is 287 g/mol. The second-order valence-electron chi connectivity index (χ2n) is 4.22. The molecule has 0 unspecified atom stereocenters. The van der Waals surface area contributed by atoms with Gasteiger partial charge in [0.15, 0.2) is 16.3 Å². The monoisotopic (exact) mass is 287 g/mol. The van der Waals surface area contributed by atoms with Gasteiger partial charge in [-0.05, 0) is 30.3 Å². The maximum atomic E-state index is 12.4. The summed E-state index contributed by atoms with van der Waals surface area (Å²) in [6, 6.07) is 5.65. The molecular weight excluding hydrogens is 274 g/mol. The molecule has 0 atom stereocenters. The van der Waals surface area contributed by atoms with E-state index >= 15 is 0 Å². The van der Waals surface area contributed by atoms with Crippen molar-refractivity contribution in [3.63, 3.8) is 0 Å². The summed E-state index contributed by atoms with van der Waals surface area (Å²) < 4.78 is 1.67. The molecular formula is C13H13N5OS. The Hall–Kier alpha value is -2.15. The van der Waals surface area contributed by atoms with Gasteiger partial charge in [0.2, 0.25) is 0 Å². The van der Waals surface area contributed by atoms with E-state index in [4.69, 9.17) is 0 Å². The minimum Gasteiger partial charge on any atom is -0.339 e. The number of hydrogen-bond acceptors (Lipinski definition) is 5. The van der Waals surface area contributed by atoms with Crippen molar-refractivity contribution < 1.29 is 0 Å². The van der Waals surface area contributed by atoms with Crippen molar-refractivity contribution in [3.8, 4) is 0 Å². The molecule has 0 aliphatic heterocycles. The summed E-state index contributed by atoms with van der Waals surface area (Å²) in [6.07, 6.45) is 4.07. The van der Waals surface area contributed by atoms with Crippen LogP contribution in [0, 0.1) is 0 Å². The smallest absolute Gasteiger partial charge is 0.280 e. The van der Waals surface area contributed by atoms with Crippen molar-refractivity contribution >= 4 is 22.9 Å². The SMILES string of the molecule is CCCn1c(Sc2ccccn2)nc2nc[nH]c2c1=O. The third kappa shape index (κ3) is 2.32. The number of hydrogen-bond donors (Lipinski definition) is 1. The van der Waals surface area contributed by atoms with Crippen LogP contribution in [0.5, 0.6) is 0 Å². The first-order valence-corrected chi connectivity index (χ1v) is 7.14. The molecule has 0 aliphatic carbocycles. The van der Waals surface area contributed by atoms with Gasteiger partial charge in [0.25, 0.3) is 5.56 Å². The Kier molecular flexibility index (Phi) is 3.51. The highest BCUT2D eigenvalue weighted by Gasteiger charge is 2.13. The zero-order valence-corrected chi connectivity index (χ0v) is 11.7. The largest absolute Gasteiger partial charge is 0.339 e. The molecule has 0 spiro atoms. The van der Waals surface area contributed by atoms with Gasteiger partial charge in [-0.3, -0.25) is 9.36 Å². The number of H-pyrrole nitrogens is 1. The Morgan fingerprint density at radius 3 is 3.00 bits per heavy atom. The van der Waals surface area contributed by atoms with E-state index in [1.54, 1.807) is 10.8 Å². The van der Waals surface area contributed by atoms with E-state index in [2.05, 4.69) is 19.9 Å². The van der Waals surface area contributed by atoms with Crippen LogP contribution in [0.1, 0.15) is 13.3 Å². The Morgan fingerprint density at radius 2 is 2.25 bits per heavy atom. The molecule has 7 heteroatoms. The Balaban J connectivity index is 2.12. The van der Waals surface area contributed by atoms with E-state index in [0.717, 1.165) is 11.4 Å². The molecule has 1 N–H and O–H groups in total. The van der Waals surface area contributed by atoms with Gasteiger partial charge in [-0.2, -0.15) is 0 Å². The van der Waals surface area contributed by atoms with E-state index in [1.807, 2.05) is 25.1 Å². The van der Waals surface area contributed by atoms with Crippen LogP contribution in [0.2, 0.25) is 0 Å². The Bertz CT molecular complexity index is 780. The topological polar surface area (TPSA) is 76.5 Å². The Morgan fingerprint density at radius 1 is 1.35 bits per heavy atom. The van der Waals surface area contributed by atoms with Crippen LogP contribution in [-0.4, -0.2) is 24.5 Å². The van der Waals surface area contributed by atoms with Gasteiger partial charge < -0.3 is 4.98 Å². The zero-order valence-electron chi connectivity index (χ0n) is 10.9. The third-order valence-electron chi connectivity index (χ3n) is 2.79. The van der Waals surface area contributed by atoms with Crippen LogP contribution in [0.25, 0.3) is 11.2 Å². The van der Waals surface area contributed by atoms with Gasteiger partial charge in [0.05, 0.1) is 6.33 Å². The fourth-order valence-electron chi connectivity index (χ4n) is 1.90. The van der Waals surface area contributed by atoms with Gasteiger partial charge in [-0.15, -0.1) is 0 Å². The summed E-state index contributed by atoms with van der Waals surface area (Å²) in [5, 5.41) is 1.43. The van der Waals surface area contributed by atoms with Crippen LogP contribution in [-0.2, 0) is 6.54 Å². The molecule has 0 saturated heterocycles. The molecule has 0 aliphatic rings. The quantitative estimate of drug-likeness (QED) is 0.743. The van der Waals surface area contributed by atoms with Crippen molar-refractivity contribution in [3.05, 3.63) is 41.1 Å². The highest BCUT2D eigenvalue weighted by Crippen LogP contribution is 2.23. The molecule has 3 aromatic rings. The van der Waals surface area contributed by atoms with Crippen molar-refractivity contribution in [1.82, 2.24) is 24.5 Å². The molecule has 0 saturated carbocycles. The highest BCUT2D eigenvalue weighted by molar-refractivity contribution is 7.99. The van der Waals surface area contributed by atoms with Crippen LogP contribution >= 0.6 is 11.8 Å². The maximum absolute atomic E-state index is 12.4. The second kappa shape index (κ2) is 5.46. The number of pyridine rings is 1. The Labute approximate surface area is 119 Å². The van der Waals surface area contributed by atoms with E-state index in [1.165, 1.54) is 18.1 Å². The van der Waals surface area contributed by atoms with Crippen molar-refractivity contribution in [2.24, 2.45) is 0 Å². The first-order valence-electron chi connectivity index (χ1n) is 6.32. The number of imidazole rings is 1. The summed E-state index contributed by atoms with van der Waals surface area (Å²) in [7, 11) is 0. The van der Waals surface area contributed by atoms with E-state index in [9.17, 15) is 4.79 Å². The standard InChI is InChI=1S/C13H13N5OS/c1-2-7-18-12(19)10-11(16-8-15-10)17-13(18)20-9-5-3-4-6-14-9/h3-6,8H,2,7H2,1H3,(H,15,16). The van der Waals surface area contributed by atoms with E-state index < -0.39 is 0 Å². The molecule has 0 amide bonds. The number of aromatic amines is 1. The van der Waals surface area contributed by atoms with E-state index in [-0.39, 0.29) is 5.56 Å². The van der Waals surface area contributed by atoms with Crippen molar-refractivity contribution in [1.29, 1.82) is 0 Å². The minimum absolute atomic E-state index is 0.0900. The molecule has 3 rings (SSSR count). The molecule has 3 aromatic heterocycles. The molecule has 0 radical (unpaired) electrons. The molecule has 20 heavy (non-hydrogen) atoms. The second-order valence-corrected chi connectivity index (χ2v) is 5.21. The number of fused-ring (bicyclic) bond motifs is 1. The predicted molar refractivity (Wildman–Crippen MR) is 76.8 cm³/mol. The average Bonchev–Trinajstić information content (AvgIpc) is 2.93. The minimum atomic E-state index is -0.0900. The lowest BCUT2D eigenvalue weighted by Gasteiger charge is -2.09. The van der Waals surface area contributed by atoms with Gasteiger partial charge in [0.1, 0.15) is 5.03 Å². The molecule has 102 valence electrons. The van der Waals surface area contributed by atoms with Gasteiger partial charge >= 0.3 is 0 Å². The number of aromatic nitrogens is 5. The van der Waals surface area contributed by atoms with Crippen LogP contribution in [0.3, 0.4) is 0 Å². The first-order chi connectivity index (χ1) is 9.79. The molecule has 0 fully saturated rings. The van der Waals surface area contributed by atoms with Crippen molar-refractivity contribution in [2.45, 2.75) is 30.1 Å². The third-order valence-corrected chi connectivity index (χ3v) is 3.74. The lowest BCUT2D eigenvalue weighted by atomic mass is 10.4.